The van der Waals surface area contributed by atoms with E-state index < -0.39 is 23.2 Å². The van der Waals surface area contributed by atoms with Gasteiger partial charge in [-0.1, -0.05) is 56.3 Å². The predicted octanol–water partition coefficient (Wildman–Crippen LogP) is 5.29. The number of hydrogen-bond donors (Lipinski definition) is 1. The molecule has 0 bridgehead atoms. The van der Waals surface area contributed by atoms with Gasteiger partial charge in [0.15, 0.2) is 0 Å². The van der Waals surface area contributed by atoms with E-state index in [9.17, 15) is 9.59 Å². The lowest BCUT2D eigenvalue weighted by Gasteiger charge is -2.25. The molecule has 0 aliphatic carbocycles. The zero-order valence-electron chi connectivity index (χ0n) is 19.1. The third kappa shape index (κ3) is 10.7. The lowest BCUT2D eigenvalue weighted by atomic mass is 9.93. The van der Waals surface area contributed by atoms with Crippen LogP contribution in [0.3, 0.4) is 0 Å². The van der Waals surface area contributed by atoms with E-state index >= 15 is 0 Å². The van der Waals surface area contributed by atoms with Gasteiger partial charge in [-0.2, -0.15) is 0 Å². The highest BCUT2D eigenvalue weighted by Crippen LogP contribution is 2.20. The topological polar surface area (TPSA) is 64.6 Å². The normalized spacial score (nSPS) is 14.5. The number of amides is 1. The van der Waals surface area contributed by atoms with Gasteiger partial charge in [0.05, 0.1) is 12.0 Å². The van der Waals surface area contributed by atoms with Crippen molar-refractivity contribution in [2.75, 3.05) is 0 Å². The molecule has 0 aliphatic heterocycles. The minimum Gasteiger partial charge on any atom is -0.460 e. The van der Waals surface area contributed by atoms with E-state index in [0.29, 0.717) is 6.42 Å². The van der Waals surface area contributed by atoms with E-state index in [2.05, 4.69) is 5.32 Å². The van der Waals surface area contributed by atoms with Crippen molar-refractivity contribution in [1.82, 2.24) is 5.32 Å². The molecule has 162 valence electrons. The Balaban J connectivity index is 3.00. The molecule has 0 spiro atoms. The van der Waals surface area contributed by atoms with Gasteiger partial charge in [0.25, 0.3) is 0 Å². The molecule has 2 atom stereocenters. The van der Waals surface area contributed by atoms with Crippen LogP contribution in [-0.2, 0) is 20.7 Å². The van der Waals surface area contributed by atoms with Crippen molar-refractivity contribution in [3.63, 3.8) is 0 Å². The van der Waals surface area contributed by atoms with Crippen LogP contribution >= 0.6 is 0 Å². The zero-order valence-corrected chi connectivity index (χ0v) is 19.1. The van der Waals surface area contributed by atoms with Crippen LogP contribution in [-0.4, -0.2) is 29.3 Å². The van der Waals surface area contributed by atoms with Crippen LogP contribution < -0.4 is 5.32 Å². The number of carbonyl (C=O) groups excluding carboxylic acids is 2. The van der Waals surface area contributed by atoms with Gasteiger partial charge in [0.2, 0.25) is 0 Å². The van der Waals surface area contributed by atoms with Crippen molar-refractivity contribution in [3.8, 4) is 0 Å². The van der Waals surface area contributed by atoms with Gasteiger partial charge in [-0.25, -0.2) is 4.79 Å². The maximum Gasteiger partial charge on any atom is 0.408 e. The number of nitrogens with one attached hydrogen (secondary N) is 1. The highest BCUT2D eigenvalue weighted by atomic mass is 16.6. The van der Waals surface area contributed by atoms with Crippen LogP contribution in [0.5, 0.6) is 0 Å². The van der Waals surface area contributed by atoms with Crippen LogP contribution in [0.25, 0.3) is 0 Å². The first kappa shape index (κ1) is 24.7. The SMILES string of the molecule is CC(C)[C@@H](/C=C/[C@H](Cc1ccccc1)NC(=O)OC(C)(C)C)C(=O)OC(C)(C)C. The highest BCUT2D eigenvalue weighted by Gasteiger charge is 2.26. The minimum absolute atomic E-state index is 0.0694. The number of carbonyl (C=O) groups is 2. The third-order valence-electron chi connectivity index (χ3n) is 3.95. The summed E-state index contributed by atoms with van der Waals surface area (Å²) in [7, 11) is 0. The van der Waals surface area contributed by atoms with Crippen LogP contribution in [0.4, 0.5) is 4.79 Å². The van der Waals surface area contributed by atoms with Gasteiger partial charge in [0.1, 0.15) is 11.2 Å². The predicted molar refractivity (Wildman–Crippen MR) is 117 cm³/mol. The summed E-state index contributed by atoms with van der Waals surface area (Å²) in [5.74, 6) is -0.590. The summed E-state index contributed by atoms with van der Waals surface area (Å²) in [6.07, 6.45) is 3.81. The van der Waals surface area contributed by atoms with Crippen molar-refractivity contribution in [3.05, 3.63) is 48.0 Å². The van der Waals surface area contributed by atoms with Crippen LogP contribution in [0.15, 0.2) is 42.5 Å². The molecule has 29 heavy (non-hydrogen) atoms. The molecule has 0 radical (unpaired) electrons. The zero-order chi connectivity index (χ0) is 22.2. The van der Waals surface area contributed by atoms with E-state index in [4.69, 9.17) is 9.47 Å². The van der Waals surface area contributed by atoms with Crippen molar-refractivity contribution >= 4 is 12.1 Å². The Morgan fingerprint density at radius 2 is 1.48 bits per heavy atom. The average Bonchev–Trinajstić information content (AvgIpc) is 2.51. The molecule has 5 nitrogen and oxygen atoms in total. The Kier molecular flexibility index (Phi) is 8.93. The van der Waals surface area contributed by atoms with E-state index in [1.807, 2.05) is 97.9 Å². The van der Waals surface area contributed by atoms with Crippen molar-refractivity contribution < 1.29 is 19.1 Å². The van der Waals surface area contributed by atoms with Crippen LogP contribution in [0, 0.1) is 11.8 Å². The molecule has 0 aliphatic rings. The molecule has 5 heteroatoms. The van der Waals surface area contributed by atoms with Gasteiger partial charge in [-0.05, 0) is 59.4 Å². The number of esters is 1. The van der Waals surface area contributed by atoms with E-state index in [-0.39, 0.29) is 17.9 Å². The molecule has 0 heterocycles. The number of hydrogen-bond acceptors (Lipinski definition) is 4. The van der Waals surface area contributed by atoms with Crippen LogP contribution in [0.2, 0.25) is 0 Å². The standard InChI is InChI=1S/C24H37NO4/c1-17(2)20(21(26)28-23(3,4)5)15-14-19(16-18-12-10-9-11-13-18)25-22(27)29-24(6,7)8/h9-15,17,19-20H,16H2,1-8H3,(H,25,27)/b15-14+/t19-,20-/m1/s1. The molecule has 1 N–H and O–H groups in total. The maximum atomic E-state index is 12.6. The van der Waals surface area contributed by atoms with Crippen molar-refractivity contribution in [2.45, 2.75) is 79.1 Å². The fourth-order valence-electron chi connectivity index (χ4n) is 2.69. The molecular formula is C24H37NO4. The monoisotopic (exact) mass is 403 g/mol. The van der Waals surface area contributed by atoms with Gasteiger partial charge in [0, 0.05) is 0 Å². The van der Waals surface area contributed by atoms with Crippen LogP contribution in [0.1, 0.15) is 61.0 Å². The van der Waals surface area contributed by atoms with Crippen molar-refractivity contribution in [2.24, 2.45) is 11.8 Å². The second kappa shape index (κ2) is 10.5. The summed E-state index contributed by atoms with van der Waals surface area (Å²) in [5, 5.41) is 2.90. The van der Waals surface area contributed by atoms with Gasteiger partial charge < -0.3 is 14.8 Å². The summed E-state index contributed by atoms with van der Waals surface area (Å²) >= 11 is 0. The minimum atomic E-state index is -0.581. The van der Waals surface area contributed by atoms with Gasteiger partial charge in [-0.3, -0.25) is 4.79 Å². The second-order valence-corrected chi connectivity index (χ2v) is 9.63. The summed E-state index contributed by atoms with van der Waals surface area (Å²) in [4.78, 5) is 24.9. The first-order valence-electron chi connectivity index (χ1n) is 10.2. The molecule has 0 aromatic heterocycles. The van der Waals surface area contributed by atoms with Crippen molar-refractivity contribution in [1.29, 1.82) is 0 Å². The Morgan fingerprint density at radius 1 is 0.931 bits per heavy atom. The Bertz CT molecular complexity index is 681. The Labute approximate surface area is 175 Å². The van der Waals surface area contributed by atoms with E-state index in [1.165, 1.54) is 0 Å². The fraction of sp³-hybridized carbons (Fsp3) is 0.583. The molecule has 1 rings (SSSR count). The smallest absolute Gasteiger partial charge is 0.408 e. The molecular weight excluding hydrogens is 366 g/mol. The molecule has 1 amide bonds. The molecule has 0 unspecified atom stereocenters. The molecule has 1 aromatic rings. The first-order valence-corrected chi connectivity index (χ1v) is 10.2. The quantitative estimate of drug-likeness (QED) is 0.496. The van der Waals surface area contributed by atoms with E-state index in [0.717, 1.165) is 5.56 Å². The fourth-order valence-corrected chi connectivity index (χ4v) is 2.69. The summed E-state index contributed by atoms with van der Waals surface area (Å²) in [5.41, 5.74) is -0.0465. The largest absolute Gasteiger partial charge is 0.460 e. The van der Waals surface area contributed by atoms with E-state index in [1.54, 1.807) is 0 Å². The number of ether oxygens (including phenoxy) is 2. The maximum absolute atomic E-state index is 12.6. The average molecular weight is 404 g/mol. The molecule has 0 saturated heterocycles. The number of benzene rings is 1. The Morgan fingerprint density at radius 3 is 1.97 bits per heavy atom. The lowest BCUT2D eigenvalue weighted by Crippen LogP contribution is -2.39. The molecule has 1 aromatic carbocycles. The lowest BCUT2D eigenvalue weighted by molar-refractivity contribution is -0.159. The van der Waals surface area contributed by atoms with Gasteiger partial charge in [-0.15, -0.1) is 0 Å². The number of alkyl carbamates (subject to hydrolysis) is 1. The summed E-state index contributed by atoms with van der Waals surface area (Å²) in [6.45, 7) is 15.0. The molecule has 0 fully saturated rings. The first-order chi connectivity index (χ1) is 13.3. The second-order valence-electron chi connectivity index (χ2n) is 9.63. The number of rotatable bonds is 7. The summed E-state index contributed by atoms with van der Waals surface area (Å²) < 4.78 is 11.0. The highest BCUT2D eigenvalue weighted by molar-refractivity contribution is 5.75. The third-order valence-corrected chi connectivity index (χ3v) is 3.95. The molecule has 0 saturated carbocycles. The summed E-state index contributed by atoms with van der Waals surface area (Å²) in [6, 6.07) is 9.57. The Hall–Kier alpha value is -2.30. The van der Waals surface area contributed by atoms with Gasteiger partial charge >= 0.3 is 12.1 Å².